The zero-order valence-corrected chi connectivity index (χ0v) is 15.7. The molecule has 1 aliphatic rings. The number of ether oxygens (including phenoxy) is 1. The van der Waals surface area contributed by atoms with Gasteiger partial charge >= 0.3 is 6.09 Å². The average Bonchev–Trinajstić information content (AvgIpc) is 2.98. The summed E-state index contributed by atoms with van der Waals surface area (Å²) in [5.74, 6) is -1.02. The highest BCUT2D eigenvalue weighted by atomic mass is 32.1. The zero-order chi connectivity index (χ0) is 19.6. The summed E-state index contributed by atoms with van der Waals surface area (Å²) >= 11 is 1.34. The highest BCUT2D eigenvalue weighted by molar-refractivity contribution is 7.17. The Morgan fingerprint density at radius 2 is 1.89 bits per heavy atom. The van der Waals surface area contributed by atoms with Crippen LogP contribution in [0.4, 0.5) is 14.2 Å². The van der Waals surface area contributed by atoms with E-state index < -0.39 is 23.7 Å². The van der Waals surface area contributed by atoms with Crippen molar-refractivity contribution < 1.29 is 23.5 Å². The molecule has 2 N–H and O–H groups in total. The predicted octanol–water partition coefficient (Wildman–Crippen LogP) is 3.76. The lowest BCUT2D eigenvalue weighted by Crippen LogP contribution is -2.31. The van der Waals surface area contributed by atoms with Crippen LogP contribution < -0.4 is 10.6 Å². The van der Waals surface area contributed by atoms with Gasteiger partial charge in [0.2, 0.25) is 0 Å². The number of hydrogen-bond acceptors (Lipinski definition) is 5. The van der Waals surface area contributed by atoms with Gasteiger partial charge in [0, 0.05) is 10.4 Å². The monoisotopic (exact) mass is 390 g/mol. The number of rotatable bonds is 3. The third-order valence-electron chi connectivity index (χ3n) is 4.47. The first kappa shape index (κ1) is 19.0. The van der Waals surface area contributed by atoms with Crippen molar-refractivity contribution in [1.82, 2.24) is 5.32 Å². The highest BCUT2D eigenvalue weighted by Gasteiger charge is 2.29. The second-order valence-electron chi connectivity index (χ2n) is 6.46. The molecular formula is C19H19FN2O4S. The maximum atomic E-state index is 13.1. The van der Waals surface area contributed by atoms with Gasteiger partial charge in [-0.3, -0.25) is 14.9 Å². The van der Waals surface area contributed by atoms with Crippen molar-refractivity contribution in [3.05, 3.63) is 51.7 Å². The van der Waals surface area contributed by atoms with Gasteiger partial charge in [-0.2, -0.15) is 0 Å². The smallest absolute Gasteiger partial charge is 0.413 e. The molecule has 0 unspecified atom stereocenters. The first-order valence-corrected chi connectivity index (χ1v) is 9.31. The van der Waals surface area contributed by atoms with Crippen LogP contribution in [0.1, 0.15) is 44.5 Å². The van der Waals surface area contributed by atoms with Crippen molar-refractivity contribution in [3.8, 4) is 0 Å². The molecule has 0 saturated heterocycles. The van der Waals surface area contributed by atoms with E-state index in [0.717, 1.165) is 23.3 Å². The number of benzene rings is 1. The van der Waals surface area contributed by atoms with Crippen LogP contribution in [0.25, 0.3) is 0 Å². The van der Waals surface area contributed by atoms with Gasteiger partial charge in [0.15, 0.2) is 0 Å². The largest absolute Gasteiger partial charge is 0.453 e. The van der Waals surface area contributed by atoms with E-state index in [4.69, 9.17) is 0 Å². The van der Waals surface area contributed by atoms with Gasteiger partial charge in [-0.25, -0.2) is 9.18 Å². The molecule has 0 fully saturated rings. The molecule has 2 aromatic rings. The van der Waals surface area contributed by atoms with Crippen LogP contribution in [0.3, 0.4) is 0 Å². The molecule has 1 heterocycles. The summed E-state index contributed by atoms with van der Waals surface area (Å²) in [5, 5.41) is 5.27. The minimum Gasteiger partial charge on any atom is -0.453 e. The third kappa shape index (κ3) is 4.16. The SMILES string of the molecule is COC(=O)NC(=O)c1c(NC(=O)c2ccc(F)cc2)sc2c1CC[C@H](C)C2. The Kier molecular flexibility index (Phi) is 5.55. The topological polar surface area (TPSA) is 84.5 Å². The van der Waals surface area contributed by atoms with Gasteiger partial charge in [-0.1, -0.05) is 6.92 Å². The summed E-state index contributed by atoms with van der Waals surface area (Å²) < 4.78 is 17.6. The van der Waals surface area contributed by atoms with Crippen LogP contribution in [-0.2, 0) is 17.6 Å². The number of carbonyl (C=O) groups excluding carboxylic acids is 3. The standard InChI is InChI=1S/C19H19FN2O4S/c1-10-3-8-13-14(9-10)27-18(15(13)17(24)22-19(25)26-2)21-16(23)11-4-6-12(20)7-5-11/h4-7,10H,3,8-9H2,1-2H3,(H,21,23)(H,22,24,25)/t10-/m0/s1. The Balaban J connectivity index is 1.93. The van der Waals surface area contributed by atoms with Gasteiger partial charge in [0.05, 0.1) is 12.7 Å². The van der Waals surface area contributed by atoms with Crippen LogP contribution in [0.2, 0.25) is 0 Å². The molecule has 1 aliphatic carbocycles. The number of amides is 3. The van der Waals surface area contributed by atoms with Crippen molar-refractivity contribution in [2.45, 2.75) is 26.2 Å². The van der Waals surface area contributed by atoms with Crippen LogP contribution in [-0.4, -0.2) is 25.0 Å². The molecular weight excluding hydrogens is 371 g/mol. The molecule has 1 aromatic heterocycles. The molecule has 0 spiro atoms. The van der Waals surface area contributed by atoms with Crippen LogP contribution >= 0.6 is 11.3 Å². The number of anilines is 1. The lowest BCUT2D eigenvalue weighted by Gasteiger charge is -2.18. The first-order valence-electron chi connectivity index (χ1n) is 8.49. The molecule has 0 saturated carbocycles. The van der Waals surface area contributed by atoms with E-state index in [1.165, 1.54) is 42.7 Å². The summed E-state index contributed by atoms with van der Waals surface area (Å²) in [5.41, 5.74) is 1.42. The number of fused-ring (bicyclic) bond motifs is 1. The number of nitrogens with one attached hydrogen (secondary N) is 2. The van der Waals surface area contributed by atoms with Crippen molar-refractivity contribution in [1.29, 1.82) is 0 Å². The average molecular weight is 390 g/mol. The van der Waals surface area contributed by atoms with Gasteiger partial charge in [0.1, 0.15) is 10.8 Å². The van der Waals surface area contributed by atoms with E-state index in [1.807, 2.05) is 0 Å². The molecule has 0 bridgehead atoms. The highest BCUT2D eigenvalue weighted by Crippen LogP contribution is 2.39. The van der Waals surface area contributed by atoms with Crippen LogP contribution in [0.15, 0.2) is 24.3 Å². The zero-order valence-electron chi connectivity index (χ0n) is 14.9. The van der Waals surface area contributed by atoms with Crippen LogP contribution in [0, 0.1) is 11.7 Å². The summed E-state index contributed by atoms with van der Waals surface area (Å²) in [6.45, 7) is 2.13. The van der Waals surface area contributed by atoms with Gasteiger partial charge in [0.25, 0.3) is 11.8 Å². The Hall–Kier alpha value is -2.74. The molecule has 3 rings (SSSR count). The summed E-state index contributed by atoms with van der Waals surface area (Å²) in [6.07, 6.45) is 1.57. The number of carbonyl (C=O) groups is 3. The molecule has 0 radical (unpaired) electrons. The Morgan fingerprint density at radius 3 is 2.56 bits per heavy atom. The maximum absolute atomic E-state index is 13.1. The van der Waals surface area contributed by atoms with Crippen molar-refractivity contribution in [2.24, 2.45) is 5.92 Å². The van der Waals surface area contributed by atoms with E-state index in [9.17, 15) is 18.8 Å². The summed E-state index contributed by atoms with van der Waals surface area (Å²) in [6, 6.07) is 5.13. The molecule has 1 atom stereocenters. The quantitative estimate of drug-likeness (QED) is 0.836. The molecule has 142 valence electrons. The number of thiophene rings is 1. The van der Waals surface area contributed by atoms with E-state index >= 15 is 0 Å². The Labute approximate surface area is 159 Å². The molecule has 1 aromatic carbocycles. The summed E-state index contributed by atoms with van der Waals surface area (Å²) in [7, 11) is 1.17. The van der Waals surface area contributed by atoms with Gasteiger partial charge in [-0.05, 0) is 55.0 Å². The van der Waals surface area contributed by atoms with Gasteiger partial charge in [-0.15, -0.1) is 11.3 Å². The number of hydrogen-bond donors (Lipinski definition) is 2. The number of halogens is 1. The molecule has 6 nitrogen and oxygen atoms in total. The second kappa shape index (κ2) is 7.87. The number of methoxy groups -OCH3 is 1. The fourth-order valence-corrected chi connectivity index (χ4v) is 4.47. The maximum Gasteiger partial charge on any atom is 0.413 e. The van der Waals surface area contributed by atoms with Gasteiger partial charge < -0.3 is 10.1 Å². The molecule has 3 amide bonds. The lowest BCUT2D eigenvalue weighted by molar-refractivity contribution is 0.0937. The summed E-state index contributed by atoms with van der Waals surface area (Å²) in [4.78, 5) is 37.6. The van der Waals surface area contributed by atoms with E-state index in [1.54, 1.807) is 0 Å². The minimum absolute atomic E-state index is 0.274. The minimum atomic E-state index is -0.861. The molecule has 27 heavy (non-hydrogen) atoms. The van der Waals surface area contributed by atoms with Crippen molar-refractivity contribution in [3.63, 3.8) is 0 Å². The Morgan fingerprint density at radius 1 is 1.19 bits per heavy atom. The third-order valence-corrected chi connectivity index (χ3v) is 5.64. The second-order valence-corrected chi connectivity index (χ2v) is 7.57. The first-order chi connectivity index (χ1) is 12.9. The Bertz CT molecular complexity index is 892. The molecule has 8 heteroatoms. The van der Waals surface area contributed by atoms with Crippen molar-refractivity contribution in [2.75, 3.05) is 12.4 Å². The normalized spacial score (nSPS) is 15.6. The number of imide groups is 1. The van der Waals surface area contributed by atoms with E-state index in [2.05, 4.69) is 22.3 Å². The van der Waals surface area contributed by atoms with E-state index in [-0.39, 0.29) is 5.56 Å². The van der Waals surface area contributed by atoms with E-state index in [0.29, 0.717) is 22.9 Å². The van der Waals surface area contributed by atoms with Crippen molar-refractivity contribution >= 4 is 34.2 Å². The molecule has 0 aliphatic heterocycles. The lowest BCUT2D eigenvalue weighted by atomic mass is 9.88. The number of alkyl carbamates (subject to hydrolysis) is 1. The predicted molar refractivity (Wildman–Crippen MR) is 99.7 cm³/mol. The fourth-order valence-electron chi connectivity index (χ4n) is 3.06. The van der Waals surface area contributed by atoms with Crippen LogP contribution in [0.5, 0.6) is 0 Å². The fraction of sp³-hybridized carbons (Fsp3) is 0.316.